The molecule has 1 N–H and O–H groups in total. The molecule has 6 nitrogen and oxygen atoms in total. The van der Waals surface area contributed by atoms with Gasteiger partial charge in [-0.2, -0.15) is 0 Å². The van der Waals surface area contributed by atoms with Crippen molar-refractivity contribution in [3.63, 3.8) is 0 Å². The molecule has 2 amide bonds. The molecule has 2 rings (SSSR count). The van der Waals surface area contributed by atoms with Crippen molar-refractivity contribution in [2.75, 3.05) is 39.1 Å². The van der Waals surface area contributed by atoms with E-state index in [1.165, 1.54) is 4.90 Å². The van der Waals surface area contributed by atoms with Crippen molar-refractivity contribution in [3.05, 3.63) is 60.2 Å². The normalized spacial score (nSPS) is 11.8. The predicted molar refractivity (Wildman–Crippen MR) is 116 cm³/mol. The lowest BCUT2D eigenvalue weighted by Gasteiger charge is -2.28. The predicted octanol–water partition coefficient (Wildman–Crippen LogP) is 3.05. The first-order chi connectivity index (χ1) is 13.9. The molecule has 0 spiro atoms. The summed E-state index contributed by atoms with van der Waals surface area (Å²) in [5.41, 5.74) is 1.87. The topological polar surface area (TPSA) is 61.9 Å². The van der Waals surface area contributed by atoms with Crippen LogP contribution < -0.4 is 10.1 Å². The van der Waals surface area contributed by atoms with E-state index < -0.39 is 0 Å². The van der Waals surface area contributed by atoms with Gasteiger partial charge in [-0.05, 0) is 44.2 Å². The van der Waals surface area contributed by atoms with Gasteiger partial charge in [0.2, 0.25) is 11.8 Å². The summed E-state index contributed by atoms with van der Waals surface area (Å²) in [5.74, 6) is 0.496. The molecule has 0 radical (unpaired) electrons. The standard InChI is InChI=1S/C23H31N3O3/c1-5-19-11-9-10-14-21(19)24-22(27)17-26(4)23(28)18(2)25(3)15-16-29-20-12-7-6-8-13-20/h6-14,18H,5,15-17H2,1-4H3,(H,24,27). The largest absolute Gasteiger partial charge is 0.492 e. The van der Waals surface area contributed by atoms with Gasteiger partial charge in [0.25, 0.3) is 0 Å². The maximum absolute atomic E-state index is 12.7. The Morgan fingerprint density at radius 2 is 1.69 bits per heavy atom. The van der Waals surface area contributed by atoms with E-state index in [1.807, 2.05) is 80.4 Å². The van der Waals surface area contributed by atoms with Crippen LogP contribution in [0, 0.1) is 0 Å². The van der Waals surface area contributed by atoms with Crippen molar-refractivity contribution in [1.29, 1.82) is 0 Å². The third-order valence-electron chi connectivity index (χ3n) is 4.90. The second-order valence-corrected chi connectivity index (χ2v) is 7.07. The summed E-state index contributed by atoms with van der Waals surface area (Å²) in [6.07, 6.45) is 0.831. The Kier molecular flexibility index (Phi) is 8.68. The third-order valence-corrected chi connectivity index (χ3v) is 4.90. The van der Waals surface area contributed by atoms with Crippen LogP contribution in [0.3, 0.4) is 0 Å². The van der Waals surface area contributed by atoms with Crippen molar-refractivity contribution >= 4 is 17.5 Å². The van der Waals surface area contributed by atoms with E-state index in [-0.39, 0.29) is 24.4 Å². The molecule has 1 unspecified atom stereocenters. The summed E-state index contributed by atoms with van der Waals surface area (Å²) in [7, 11) is 3.53. The molecule has 1 atom stereocenters. The number of rotatable bonds is 10. The Morgan fingerprint density at radius 1 is 1.03 bits per heavy atom. The van der Waals surface area contributed by atoms with Gasteiger partial charge < -0.3 is 15.0 Å². The number of hydrogen-bond donors (Lipinski definition) is 1. The second kappa shape index (κ2) is 11.2. The summed E-state index contributed by atoms with van der Waals surface area (Å²) in [5, 5.41) is 2.90. The number of likely N-dealkylation sites (N-methyl/N-ethyl adjacent to an activating group) is 2. The summed E-state index contributed by atoms with van der Waals surface area (Å²) in [4.78, 5) is 28.5. The molecule has 0 heterocycles. The molecule has 29 heavy (non-hydrogen) atoms. The minimum Gasteiger partial charge on any atom is -0.492 e. The first-order valence-corrected chi connectivity index (χ1v) is 9.93. The SMILES string of the molecule is CCc1ccccc1NC(=O)CN(C)C(=O)C(C)N(C)CCOc1ccccc1. The number of amides is 2. The molecule has 0 fully saturated rings. The zero-order valence-electron chi connectivity index (χ0n) is 17.7. The number of nitrogens with one attached hydrogen (secondary N) is 1. The first-order valence-electron chi connectivity index (χ1n) is 9.93. The van der Waals surface area contributed by atoms with E-state index in [1.54, 1.807) is 7.05 Å². The molecule has 0 aromatic heterocycles. The molecule has 0 saturated heterocycles. The van der Waals surface area contributed by atoms with Gasteiger partial charge in [-0.3, -0.25) is 14.5 Å². The number of para-hydroxylation sites is 2. The molecular formula is C23H31N3O3. The van der Waals surface area contributed by atoms with Crippen LogP contribution in [0.25, 0.3) is 0 Å². The van der Waals surface area contributed by atoms with Gasteiger partial charge in [0.05, 0.1) is 12.6 Å². The molecule has 0 aliphatic heterocycles. The Balaban J connectivity index is 1.80. The van der Waals surface area contributed by atoms with Crippen LogP contribution in [0.1, 0.15) is 19.4 Å². The number of hydrogen-bond acceptors (Lipinski definition) is 4. The van der Waals surface area contributed by atoms with E-state index in [9.17, 15) is 9.59 Å². The van der Waals surface area contributed by atoms with Gasteiger partial charge in [-0.1, -0.05) is 43.3 Å². The fraction of sp³-hybridized carbons (Fsp3) is 0.391. The summed E-state index contributed by atoms with van der Waals surface area (Å²) >= 11 is 0. The summed E-state index contributed by atoms with van der Waals surface area (Å²) < 4.78 is 5.69. The number of nitrogens with zero attached hydrogens (tertiary/aromatic N) is 2. The Labute approximate surface area is 173 Å². The lowest BCUT2D eigenvalue weighted by atomic mass is 10.1. The zero-order valence-corrected chi connectivity index (χ0v) is 17.7. The Hall–Kier alpha value is -2.86. The molecule has 2 aromatic carbocycles. The van der Waals surface area contributed by atoms with Gasteiger partial charge in [0.1, 0.15) is 12.4 Å². The molecule has 156 valence electrons. The highest BCUT2D eigenvalue weighted by molar-refractivity contribution is 5.95. The van der Waals surface area contributed by atoms with Gasteiger partial charge >= 0.3 is 0 Å². The second-order valence-electron chi connectivity index (χ2n) is 7.07. The highest BCUT2D eigenvalue weighted by Crippen LogP contribution is 2.15. The monoisotopic (exact) mass is 397 g/mol. The van der Waals surface area contributed by atoms with Gasteiger partial charge in [0.15, 0.2) is 0 Å². The van der Waals surface area contributed by atoms with Crippen molar-refractivity contribution in [2.24, 2.45) is 0 Å². The van der Waals surface area contributed by atoms with Crippen LogP contribution in [0.2, 0.25) is 0 Å². The van der Waals surface area contributed by atoms with Crippen LogP contribution in [0.15, 0.2) is 54.6 Å². The van der Waals surface area contributed by atoms with Gasteiger partial charge in [-0.25, -0.2) is 0 Å². The maximum Gasteiger partial charge on any atom is 0.243 e. The Morgan fingerprint density at radius 3 is 2.38 bits per heavy atom. The summed E-state index contributed by atoms with van der Waals surface area (Å²) in [6.45, 7) is 4.97. The minimum atomic E-state index is -0.352. The van der Waals surface area contributed by atoms with Crippen molar-refractivity contribution in [2.45, 2.75) is 26.3 Å². The van der Waals surface area contributed by atoms with Crippen LogP contribution in [-0.2, 0) is 16.0 Å². The number of aryl methyl sites for hydroxylation is 1. The van der Waals surface area contributed by atoms with E-state index in [2.05, 4.69) is 5.32 Å². The number of ether oxygens (including phenoxy) is 1. The van der Waals surface area contributed by atoms with E-state index in [0.717, 1.165) is 23.4 Å². The fourth-order valence-electron chi connectivity index (χ4n) is 2.96. The average Bonchev–Trinajstić information content (AvgIpc) is 2.73. The fourth-order valence-corrected chi connectivity index (χ4v) is 2.96. The smallest absolute Gasteiger partial charge is 0.243 e. The molecular weight excluding hydrogens is 366 g/mol. The molecule has 0 bridgehead atoms. The van der Waals surface area contributed by atoms with E-state index in [4.69, 9.17) is 4.74 Å². The number of benzene rings is 2. The van der Waals surface area contributed by atoms with Crippen molar-refractivity contribution in [1.82, 2.24) is 9.80 Å². The van der Waals surface area contributed by atoms with E-state index >= 15 is 0 Å². The summed E-state index contributed by atoms with van der Waals surface area (Å²) in [6, 6.07) is 16.9. The van der Waals surface area contributed by atoms with Crippen LogP contribution in [0.4, 0.5) is 5.69 Å². The van der Waals surface area contributed by atoms with Crippen molar-refractivity contribution < 1.29 is 14.3 Å². The maximum atomic E-state index is 12.7. The molecule has 0 aliphatic carbocycles. The molecule has 2 aromatic rings. The van der Waals surface area contributed by atoms with E-state index in [0.29, 0.717) is 13.2 Å². The third kappa shape index (κ3) is 6.91. The number of carbonyl (C=O) groups excluding carboxylic acids is 2. The highest BCUT2D eigenvalue weighted by Gasteiger charge is 2.23. The quantitative estimate of drug-likeness (QED) is 0.669. The van der Waals surface area contributed by atoms with Crippen molar-refractivity contribution in [3.8, 4) is 5.75 Å². The number of carbonyl (C=O) groups is 2. The lowest BCUT2D eigenvalue weighted by molar-refractivity contribution is -0.137. The average molecular weight is 398 g/mol. The van der Waals surface area contributed by atoms with Crippen LogP contribution in [-0.4, -0.2) is 61.4 Å². The van der Waals surface area contributed by atoms with Gasteiger partial charge in [-0.15, -0.1) is 0 Å². The lowest BCUT2D eigenvalue weighted by Crippen LogP contribution is -2.47. The molecule has 0 aliphatic rings. The van der Waals surface area contributed by atoms with Crippen LogP contribution >= 0.6 is 0 Å². The zero-order chi connectivity index (χ0) is 21.2. The molecule has 6 heteroatoms. The highest BCUT2D eigenvalue weighted by atomic mass is 16.5. The number of anilines is 1. The van der Waals surface area contributed by atoms with Crippen LogP contribution in [0.5, 0.6) is 5.75 Å². The van der Waals surface area contributed by atoms with Gasteiger partial charge in [0, 0.05) is 19.3 Å². The Bertz CT molecular complexity index is 795. The molecule has 0 saturated carbocycles. The first kappa shape index (κ1) is 22.4. The minimum absolute atomic E-state index is 0.00950.